The first kappa shape index (κ1) is 17.7. The summed E-state index contributed by atoms with van der Waals surface area (Å²) in [6.07, 6.45) is 0.764. The number of hydrogen-bond donors (Lipinski definition) is 2. The lowest BCUT2D eigenvalue weighted by molar-refractivity contribution is -0.145. The minimum atomic E-state index is -0.220. The molecule has 4 nitrogen and oxygen atoms in total. The number of carbonyl (C=O) groups is 1. The van der Waals surface area contributed by atoms with E-state index in [-0.39, 0.29) is 24.7 Å². The third-order valence-corrected chi connectivity index (χ3v) is 3.70. The fourth-order valence-corrected chi connectivity index (χ4v) is 2.53. The summed E-state index contributed by atoms with van der Waals surface area (Å²) in [5.41, 5.74) is 0. The minimum absolute atomic E-state index is 0.165. The van der Waals surface area contributed by atoms with Crippen LogP contribution in [0, 0.1) is 5.92 Å². The molecule has 0 saturated carbocycles. The Morgan fingerprint density at radius 2 is 2.06 bits per heavy atom. The van der Waals surface area contributed by atoms with E-state index in [1.807, 2.05) is 27.7 Å². The predicted molar refractivity (Wildman–Crippen MR) is 76.9 cm³/mol. The molecule has 0 aliphatic heterocycles. The maximum Gasteiger partial charge on any atom is 0.323 e. The number of aliphatic hydroxyl groups is 1. The van der Waals surface area contributed by atoms with Gasteiger partial charge in [0.15, 0.2) is 0 Å². The quantitative estimate of drug-likeness (QED) is 0.470. The van der Waals surface area contributed by atoms with Crippen LogP contribution in [-0.4, -0.2) is 47.9 Å². The van der Waals surface area contributed by atoms with E-state index in [2.05, 4.69) is 5.32 Å². The van der Waals surface area contributed by atoms with Gasteiger partial charge in [0.25, 0.3) is 0 Å². The van der Waals surface area contributed by atoms with Crippen molar-refractivity contribution in [2.45, 2.75) is 46.2 Å². The highest BCUT2D eigenvalue weighted by atomic mass is 32.2. The van der Waals surface area contributed by atoms with Gasteiger partial charge in [0.2, 0.25) is 0 Å². The number of ether oxygens (including phenoxy) is 1. The van der Waals surface area contributed by atoms with Crippen LogP contribution in [0.4, 0.5) is 0 Å². The maximum absolute atomic E-state index is 11.7. The Kier molecular flexibility index (Phi) is 10.5. The highest BCUT2D eigenvalue weighted by molar-refractivity contribution is 7.99. The van der Waals surface area contributed by atoms with Crippen LogP contribution < -0.4 is 5.32 Å². The summed E-state index contributed by atoms with van der Waals surface area (Å²) in [4.78, 5) is 11.7. The normalized spacial score (nSPS) is 14.6. The van der Waals surface area contributed by atoms with Gasteiger partial charge in [-0.2, -0.15) is 11.8 Å². The molecule has 0 aromatic carbocycles. The Morgan fingerprint density at radius 1 is 1.39 bits per heavy atom. The van der Waals surface area contributed by atoms with Crippen LogP contribution in [0.25, 0.3) is 0 Å². The first-order chi connectivity index (χ1) is 8.51. The molecule has 0 aromatic rings. The summed E-state index contributed by atoms with van der Waals surface area (Å²) >= 11 is 1.77. The van der Waals surface area contributed by atoms with E-state index in [9.17, 15) is 4.79 Å². The number of rotatable bonds is 10. The predicted octanol–water partition coefficient (Wildman–Crippen LogP) is 1.67. The number of nitrogens with one attached hydrogen (secondary N) is 1. The first-order valence-corrected chi connectivity index (χ1v) is 7.78. The molecule has 0 heterocycles. The summed E-state index contributed by atoms with van der Waals surface area (Å²) < 4.78 is 5.05. The van der Waals surface area contributed by atoms with Gasteiger partial charge in [0.1, 0.15) is 6.04 Å². The second-order valence-corrected chi connectivity index (χ2v) is 5.93. The average Bonchev–Trinajstić information content (AvgIpc) is 2.32. The third kappa shape index (κ3) is 8.78. The van der Waals surface area contributed by atoms with E-state index >= 15 is 0 Å². The van der Waals surface area contributed by atoms with Crippen LogP contribution in [0.1, 0.15) is 34.1 Å². The molecule has 0 rings (SSSR count). The molecule has 0 radical (unpaired) electrons. The topological polar surface area (TPSA) is 58.6 Å². The van der Waals surface area contributed by atoms with E-state index in [1.165, 1.54) is 0 Å². The summed E-state index contributed by atoms with van der Waals surface area (Å²) in [5, 5.41) is 12.1. The maximum atomic E-state index is 11.7. The van der Waals surface area contributed by atoms with Gasteiger partial charge in [-0.25, -0.2) is 0 Å². The SMILES string of the molecule is CCOC(=O)C(CCSCC(C)CO)NC(C)C. The van der Waals surface area contributed by atoms with Crippen molar-refractivity contribution < 1.29 is 14.6 Å². The fraction of sp³-hybridized carbons (Fsp3) is 0.923. The highest BCUT2D eigenvalue weighted by Crippen LogP contribution is 2.11. The Balaban J connectivity index is 3.97. The Hall–Kier alpha value is -0.260. The third-order valence-electron chi connectivity index (χ3n) is 2.37. The van der Waals surface area contributed by atoms with Gasteiger partial charge in [-0.05, 0) is 30.8 Å². The van der Waals surface area contributed by atoms with Crippen LogP contribution >= 0.6 is 11.8 Å². The van der Waals surface area contributed by atoms with Crippen molar-refractivity contribution in [1.82, 2.24) is 5.32 Å². The van der Waals surface area contributed by atoms with Gasteiger partial charge in [-0.1, -0.05) is 20.8 Å². The van der Waals surface area contributed by atoms with Gasteiger partial charge in [0, 0.05) is 12.6 Å². The standard InChI is InChI=1S/C13H27NO3S/c1-5-17-13(16)12(14-10(2)3)6-7-18-9-11(4)8-15/h10-12,14-15H,5-9H2,1-4H3. The van der Waals surface area contributed by atoms with E-state index in [4.69, 9.17) is 9.84 Å². The molecule has 108 valence electrons. The molecule has 0 saturated heterocycles. The first-order valence-electron chi connectivity index (χ1n) is 6.62. The smallest absolute Gasteiger partial charge is 0.323 e. The molecule has 0 bridgehead atoms. The monoisotopic (exact) mass is 277 g/mol. The van der Waals surface area contributed by atoms with Gasteiger partial charge in [-0.3, -0.25) is 4.79 Å². The molecule has 2 N–H and O–H groups in total. The van der Waals surface area contributed by atoms with Crippen LogP contribution in [0.2, 0.25) is 0 Å². The lowest BCUT2D eigenvalue weighted by Gasteiger charge is -2.19. The van der Waals surface area contributed by atoms with Crippen LogP contribution in [0.15, 0.2) is 0 Å². The molecule has 0 aromatic heterocycles. The van der Waals surface area contributed by atoms with Crippen molar-refractivity contribution in [3.8, 4) is 0 Å². The zero-order valence-electron chi connectivity index (χ0n) is 11.9. The van der Waals surface area contributed by atoms with Crippen molar-refractivity contribution in [1.29, 1.82) is 0 Å². The fourth-order valence-electron chi connectivity index (χ4n) is 1.45. The second kappa shape index (κ2) is 10.6. The van der Waals surface area contributed by atoms with Crippen molar-refractivity contribution in [3.63, 3.8) is 0 Å². The van der Waals surface area contributed by atoms with Crippen molar-refractivity contribution in [3.05, 3.63) is 0 Å². The lowest BCUT2D eigenvalue weighted by atomic mass is 10.2. The highest BCUT2D eigenvalue weighted by Gasteiger charge is 2.19. The number of hydrogen-bond acceptors (Lipinski definition) is 5. The number of esters is 1. The average molecular weight is 277 g/mol. The second-order valence-electron chi connectivity index (χ2n) is 4.78. The van der Waals surface area contributed by atoms with Gasteiger partial charge in [0.05, 0.1) is 6.61 Å². The molecule has 2 atom stereocenters. The largest absolute Gasteiger partial charge is 0.465 e. The summed E-state index contributed by atoms with van der Waals surface area (Å²) in [5.74, 6) is 1.97. The van der Waals surface area contributed by atoms with Crippen molar-refractivity contribution in [2.24, 2.45) is 5.92 Å². The molecule has 0 spiro atoms. The molecular weight excluding hydrogens is 250 g/mol. The van der Waals surface area contributed by atoms with E-state index in [0.717, 1.165) is 17.9 Å². The van der Waals surface area contributed by atoms with E-state index in [1.54, 1.807) is 11.8 Å². The molecule has 0 aliphatic carbocycles. The molecule has 5 heteroatoms. The van der Waals surface area contributed by atoms with Crippen molar-refractivity contribution in [2.75, 3.05) is 24.7 Å². The summed E-state index contributed by atoms with van der Waals surface area (Å²) in [6.45, 7) is 8.52. The zero-order chi connectivity index (χ0) is 14.0. The number of carbonyl (C=O) groups excluding carboxylic acids is 1. The number of aliphatic hydroxyl groups excluding tert-OH is 1. The summed E-state index contributed by atoms with van der Waals surface area (Å²) in [6, 6.07) is 0.0441. The summed E-state index contributed by atoms with van der Waals surface area (Å²) in [7, 11) is 0. The Morgan fingerprint density at radius 3 is 2.56 bits per heavy atom. The van der Waals surface area contributed by atoms with Crippen LogP contribution in [0.3, 0.4) is 0 Å². The molecule has 18 heavy (non-hydrogen) atoms. The van der Waals surface area contributed by atoms with E-state index in [0.29, 0.717) is 12.5 Å². The zero-order valence-corrected chi connectivity index (χ0v) is 12.8. The minimum Gasteiger partial charge on any atom is -0.465 e. The molecule has 0 amide bonds. The number of thioether (sulfide) groups is 1. The molecule has 0 aliphatic rings. The van der Waals surface area contributed by atoms with Crippen LogP contribution in [-0.2, 0) is 9.53 Å². The lowest BCUT2D eigenvalue weighted by Crippen LogP contribution is -2.42. The van der Waals surface area contributed by atoms with E-state index < -0.39 is 0 Å². The molecule has 0 fully saturated rings. The van der Waals surface area contributed by atoms with Gasteiger partial charge < -0.3 is 15.2 Å². The van der Waals surface area contributed by atoms with Gasteiger partial charge >= 0.3 is 5.97 Å². The van der Waals surface area contributed by atoms with Crippen molar-refractivity contribution >= 4 is 17.7 Å². The van der Waals surface area contributed by atoms with Crippen LogP contribution in [0.5, 0.6) is 0 Å². The van der Waals surface area contributed by atoms with Gasteiger partial charge in [-0.15, -0.1) is 0 Å². The molecule has 2 unspecified atom stereocenters. The Labute approximate surface area is 115 Å². The Bertz CT molecular complexity index is 224. The molecular formula is C13H27NO3S.